The highest BCUT2D eigenvalue weighted by Crippen LogP contribution is 2.18. The van der Waals surface area contributed by atoms with E-state index in [0.717, 1.165) is 13.1 Å². The number of esters is 1. The summed E-state index contributed by atoms with van der Waals surface area (Å²) < 4.78 is 4.76. The fourth-order valence-corrected chi connectivity index (χ4v) is 1.70. The van der Waals surface area contributed by atoms with Gasteiger partial charge in [0.15, 0.2) is 0 Å². The van der Waals surface area contributed by atoms with Crippen LogP contribution in [0.1, 0.15) is 27.7 Å². The van der Waals surface area contributed by atoms with E-state index in [2.05, 4.69) is 18.7 Å². The molecule has 0 heterocycles. The average molecular weight is 201 g/mol. The van der Waals surface area contributed by atoms with Crippen molar-refractivity contribution in [2.75, 3.05) is 27.2 Å². The van der Waals surface area contributed by atoms with Crippen LogP contribution in [0.25, 0.3) is 0 Å². The van der Waals surface area contributed by atoms with Crippen LogP contribution >= 0.6 is 0 Å². The predicted molar refractivity (Wildman–Crippen MR) is 58.1 cm³/mol. The Labute approximate surface area is 87.4 Å². The van der Waals surface area contributed by atoms with Crippen LogP contribution in [0, 0.1) is 11.3 Å². The molecule has 0 rings (SSSR count). The van der Waals surface area contributed by atoms with Gasteiger partial charge in [-0.05, 0) is 26.8 Å². The number of hydrogen-bond donors (Lipinski definition) is 0. The van der Waals surface area contributed by atoms with Gasteiger partial charge in [0.2, 0.25) is 0 Å². The van der Waals surface area contributed by atoms with E-state index in [1.165, 1.54) is 7.11 Å². The SMILES string of the molecule is COC(=O)C(C)(C)CN(C)CC(C)C. The van der Waals surface area contributed by atoms with Gasteiger partial charge in [-0.1, -0.05) is 13.8 Å². The predicted octanol–water partition coefficient (Wildman–Crippen LogP) is 1.77. The van der Waals surface area contributed by atoms with Crippen LogP contribution in [0.4, 0.5) is 0 Å². The lowest BCUT2D eigenvalue weighted by molar-refractivity contribution is -0.151. The Morgan fingerprint density at radius 2 is 1.93 bits per heavy atom. The lowest BCUT2D eigenvalue weighted by atomic mass is 9.93. The Balaban J connectivity index is 4.14. The zero-order valence-corrected chi connectivity index (χ0v) is 10.3. The zero-order chi connectivity index (χ0) is 11.4. The van der Waals surface area contributed by atoms with Gasteiger partial charge in [-0.15, -0.1) is 0 Å². The number of hydrogen-bond acceptors (Lipinski definition) is 3. The van der Waals surface area contributed by atoms with Gasteiger partial charge in [0.05, 0.1) is 12.5 Å². The summed E-state index contributed by atoms with van der Waals surface area (Å²) in [6, 6.07) is 0. The van der Waals surface area contributed by atoms with Crippen LogP contribution in [-0.4, -0.2) is 38.1 Å². The Bertz CT molecular complexity index is 188. The van der Waals surface area contributed by atoms with Crippen molar-refractivity contribution in [3.8, 4) is 0 Å². The van der Waals surface area contributed by atoms with Crippen LogP contribution in [0.3, 0.4) is 0 Å². The first kappa shape index (κ1) is 13.4. The molecular weight excluding hydrogens is 178 g/mol. The summed E-state index contributed by atoms with van der Waals surface area (Å²) in [7, 11) is 3.47. The second-order valence-electron chi connectivity index (χ2n) is 4.97. The highest BCUT2D eigenvalue weighted by Gasteiger charge is 2.29. The summed E-state index contributed by atoms with van der Waals surface area (Å²) in [6.07, 6.45) is 0. The second-order valence-corrected chi connectivity index (χ2v) is 4.97. The van der Waals surface area contributed by atoms with Gasteiger partial charge >= 0.3 is 5.97 Å². The maximum atomic E-state index is 11.4. The van der Waals surface area contributed by atoms with Gasteiger partial charge < -0.3 is 9.64 Å². The highest BCUT2D eigenvalue weighted by atomic mass is 16.5. The van der Waals surface area contributed by atoms with Gasteiger partial charge in [0.1, 0.15) is 0 Å². The summed E-state index contributed by atoms with van der Waals surface area (Å²) in [5.74, 6) is 0.474. The molecule has 14 heavy (non-hydrogen) atoms. The van der Waals surface area contributed by atoms with Crippen molar-refractivity contribution in [2.45, 2.75) is 27.7 Å². The average Bonchev–Trinajstić information content (AvgIpc) is 1.99. The lowest BCUT2D eigenvalue weighted by Crippen LogP contribution is -2.39. The first-order chi connectivity index (χ1) is 6.29. The van der Waals surface area contributed by atoms with Gasteiger partial charge in [-0.3, -0.25) is 4.79 Å². The molecule has 3 heteroatoms. The van der Waals surface area contributed by atoms with E-state index in [1.807, 2.05) is 20.9 Å². The van der Waals surface area contributed by atoms with E-state index in [0.29, 0.717) is 5.92 Å². The molecule has 0 aliphatic rings. The number of carbonyl (C=O) groups is 1. The molecule has 0 aliphatic carbocycles. The third-order valence-corrected chi connectivity index (χ3v) is 2.08. The standard InChI is InChI=1S/C11H23NO2/c1-9(2)7-12(5)8-11(3,4)10(13)14-6/h9H,7-8H2,1-6H3. The van der Waals surface area contributed by atoms with Crippen LogP contribution in [0.2, 0.25) is 0 Å². The van der Waals surface area contributed by atoms with Gasteiger partial charge in [-0.25, -0.2) is 0 Å². The molecule has 0 radical (unpaired) electrons. The van der Waals surface area contributed by atoms with E-state index in [9.17, 15) is 4.79 Å². The number of carbonyl (C=O) groups excluding carboxylic acids is 1. The molecule has 0 fully saturated rings. The van der Waals surface area contributed by atoms with Crippen molar-refractivity contribution < 1.29 is 9.53 Å². The monoisotopic (exact) mass is 201 g/mol. The van der Waals surface area contributed by atoms with Crippen molar-refractivity contribution in [3.63, 3.8) is 0 Å². The van der Waals surface area contributed by atoms with Crippen LogP contribution in [0.5, 0.6) is 0 Å². The van der Waals surface area contributed by atoms with Crippen LogP contribution in [0.15, 0.2) is 0 Å². The molecular formula is C11H23NO2. The Morgan fingerprint density at radius 3 is 2.29 bits per heavy atom. The molecule has 0 aromatic rings. The first-order valence-corrected chi connectivity index (χ1v) is 5.06. The van der Waals surface area contributed by atoms with Crippen molar-refractivity contribution >= 4 is 5.97 Å². The molecule has 0 bridgehead atoms. The molecule has 0 N–H and O–H groups in total. The molecule has 84 valence electrons. The summed E-state index contributed by atoms with van der Waals surface area (Å²) in [5.41, 5.74) is -0.418. The van der Waals surface area contributed by atoms with E-state index in [-0.39, 0.29) is 5.97 Å². The van der Waals surface area contributed by atoms with Crippen molar-refractivity contribution in [2.24, 2.45) is 11.3 Å². The number of rotatable bonds is 5. The lowest BCUT2D eigenvalue weighted by Gasteiger charge is -2.28. The van der Waals surface area contributed by atoms with E-state index < -0.39 is 5.41 Å². The maximum absolute atomic E-state index is 11.4. The van der Waals surface area contributed by atoms with Crippen molar-refractivity contribution in [3.05, 3.63) is 0 Å². The molecule has 3 nitrogen and oxygen atoms in total. The Hall–Kier alpha value is -0.570. The fraction of sp³-hybridized carbons (Fsp3) is 0.909. The quantitative estimate of drug-likeness (QED) is 0.635. The van der Waals surface area contributed by atoms with Crippen molar-refractivity contribution in [1.29, 1.82) is 0 Å². The number of ether oxygens (including phenoxy) is 1. The van der Waals surface area contributed by atoms with Crippen LogP contribution < -0.4 is 0 Å². The molecule has 0 saturated heterocycles. The Kier molecular flexibility index (Phi) is 5.13. The molecule has 0 atom stereocenters. The van der Waals surface area contributed by atoms with Gasteiger partial charge in [-0.2, -0.15) is 0 Å². The summed E-state index contributed by atoms with van der Waals surface area (Å²) in [4.78, 5) is 13.6. The summed E-state index contributed by atoms with van der Waals surface area (Å²) in [6.45, 7) is 9.90. The largest absolute Gasteiger partial charge is 0.469 e. The van der Waals surface area contributed by atoms with Gasteiger partial charge in [0.25, 0.3) is 0 Å². The number of methoxy groups -OCH3 is 1. The fourth-order valence-electron chi connectivity index (χ4n) is 1.70. The molecule has 0 unspecified atom stereocenters. The Morgan fingerprint density at radius 1 is 1.43 bits per heavy atom. The summed E-state index contributed by atoms with van der Waals surface area (Å²) in [5, 5.41) is 0. The molecule has 0 aromatic carbocycles. The van der Waals surface area contributed by atoms with E-state index in [4.69, 9.17) is 4.74 Å². The van der Waals surface area contributed by atoms with E-state index >= 15 is 0 Å². The third kappa shape index (κ3) is 4.61. The maximum Gasteiger partial charge on any atom is 0.312 e. The minimum absolute atomic E-state index is 0.145. The number of nitrogens with zero attached hydrogens (tertiary/aromatic N) is 1. The third-order valence-electron chi connectivity index (χ3n) is 2.08. The van der Waals surface area contributed by atoms with E-state index in [1.54, 1.807) is 0 Å². The molecule has 0 amide bonds. The molecule has 0 aliphatic heterocycles. The van der Waals surface area contributed by atoms with Crippen LogP contribution in [-0.2, 0) is 9.53 Å². The normalized spacial score (nSPS) is 12.3. The minimum atomic E-state index is -0.418. The molecule has 0 aromatic heterocycles. The second kappa shape index (κ2) is 5.35. The minimum Gasteiger partial charge on any atom is -0.469 e. The molecule has 0 saturated carbocycles. The highest BCUT2D eigenvalue weighted by molar-refractivity contribution is 5.76. The first-order valence-electron chi connectivity index (χ1n) is 5.06. The van der Waals surface area contributed by atoms with Gasteiger partial charge in [0, 0.05) is 13.1 Å². The summed E-state index contributed by atoms with van der Waals surface area (Å²) >= 11 is 0. The molecule has 0 spiro atoms. The zero-order valence-electron chi connectivity index (χ0n) is 10.3. The smallest absolute Gasteiger partial charge is 0.312 e. The van der Waals surface area contributed by atoms with Crippen molar-refractivity contribution in [1.82, 2.24) is 4.90 Å². The topological polar surface area (TPSA) is 29.5 Å².